The van der Waals surface area contributed by atoms with Gasteiger partial charge in [-0.2, -0.15) is 0 Å². The summed E-state index contributed by atoms with van der Waals surface area (Å²) in [6.07, 6.45) is -0.336. The normalized spacial score (nSPS) is 10.8. The molecule has 2 N–H and O–H groups in total. The van der Waals surface area contributed by atoms with Gasteiger partial charge in [0.15, 0.2) is 56.6 Å². The largest absolute Gasteiger partial charge is 0.496 e. The summed E-state index contributed by atoms with van der Waals surface area (Å²) >= 11 is 0. The molecule has 0 saturated carbocycles. The molecule has 0 saturated heterocycles. The monoisotopic (exact) mass is 648 g/mol. The minimum Gasteiger partial charge on any atom is -0.496 e. The number of carbonyl (C=O) groups is 2. The molecule has 1 amide bonds. The van der Waals surface area contributed by atoms with Crippen molar-refractivity contribution in [2.45, 2.75) is 0 Å². The molecular weight excluding hydrogens is 609 g/mol. The van der Waals surface area contributed by atoms with Crippen LogP contribution in [0.4, 0.5) is 0 Å². The number of aliphatic carboxylic acids is 1. The van der Waals surface area contributed by atoms with Gasteiger partial charge < -0.3 is 53.1 Å². The van der Waals surface area contributed by atoms with E-state index in [1.807, 2.05) is 0 Å². The number of rotatable bonds is 16. The summed E-state index contributed by atoms with van der Waals surface area (Å²) in [6, 6.07) is 9.96. The van der Waals surface area contributed by atoms with Crippen molar-refractivity contribution in [2.75, 3.05) is 76.7 Å². The van der Waals surface area contributed by atoms with Crippen LogP contribution >= 0.6 is 7.26 Å². The second-order valence-corrected chi connectivity index (χ2v) is 12.6. The molecule has 0 radical (unpaired) electrons. The average Bonchev–Trinajstić information content (AvgIpc) is 3.07. The molecule has 3 rings (SSSR count). The van der Waals surface area contributed by atoms with Gasteiger partial charge >= 0.3 is 5.97 Å². The van der Waals surface area contributed by atoms with E-state index in [0.29, 0.717) is 67.7 Å². The topological polar surface area (TPSA) is 149 Å². The highest BCUT2D eigenvalue weighted by molar-refractivity contribution is 7.97. The fourth-order valence-corrected chi connectivity index (χ4v) is 9.99. The number of methoxy groups -OCH3 is 9. The molecule has 0 aromatic heterocycles. The van der Waals surface area contributed by atoms with Gasteiger partial charge in [-0.25, -0.2) is 0 Å². The molecule has 45 heavy (non-hydrogen) atoms. The Morgan fingerprint density at radius 3 is 1.00 bits per heavy atom. The zero-order chi connectivity index (χ0) is 33.3. The molecule has 0 atom stereocenters. The van der Waals surface area contributed by atoms with E-state index in [2.05, 4.69) is 5.32 Å². The summed E-state index contributed by atoms with van der Waals surface area (Å²) in [5.74, 6) is 1.22. The molecule has 3 aromatic rings. The smallest absolute Gasteiger partial charge is 0.322 e. The molecule has 0 fully saturated rings. The van der Waals surface area contributed by atoms with Crippen LogP contribution in [0, 0.1) is 0 Å². The molecule has 0 bridgehead atoms. The molecule has 0 aliphatic carbocycles. The first-order valence-corrected chi connectivity index (χ1v) is 15.4. The van der Waals surface area contributed by atoms with Gasteiger partial charge in [0.1, 0.15) is 31.1 Å². The van der Waals surface area contributed by atoms with Crippen molar-refractivity contribution in [3.8, 4) is 51.7 Å². The van der Waals surface area contributed by atoms with Crippen LogP contribution in [0.15, 0.2) is 36.4 Å². The van der Waals surface area contributed by atoms with Crippen molar-refractivity contribution in [1.82, 2.24) is 5.32 Å². The Morgan fingerprint density at radius 2 is 0.800 bits per heavy atom. The van der Waals surface area contributed by atoms with Gasteiger partial charge in [0, 0.05) is 36.4 Å². The Balaban J connectivity index is 2.80. The number of carboxylic acids is 1. The maximum Gasteiger partial charge on any atom is 0.322 e. The SMILES string of the molecule is COc1cc(OC)c([P+](CC(=O)NCC(=O)O)(c2c(OC)cc(OC)cc2OC)c2c(OC)cc(OC)cc2OC)c(OC)c1. The van der Waals surface area contributed by atoms with Gasteiger partial charge in [-0.05, 0) is 0 Å². The van der Waals surface area contributed by atoms with Crippen molar-refractivity contribution >= 4 is 35.1 Å². The molecule has 13 nitrogen and oxygen atoms in total. The van der Waals surface area contributed by atoms with E-state index in [-0.39, 0.29) is 6.16 Å². The van der Waals surface area contributed by atoms with Crippen LogP contribution in [0.1, 0.15) is 0 Å². The number of carbonyl (C=O) groups excluding carboxylic acids is 1. The summed E-state index contributed by atoms with van der Waals surface area (Å²) in [5.41, 5.74) is 0. The molecule has 0 heterocycles. The highest BCUT2D eigenvalue weighted by Crippen LogP contribution is 2.66. The average molecular weight is 649 g/mol. The Morgan fingerprint density at radius 1 is 0.533 bits per heavy atom. The Labute approximate surface area is 262 Å². The van der Waals surface area contributed by atoms with Crippen molar-refractivity contribution in [3.05, 3.63) is 36.4 Å². The fraction of sp³-hybridized carbons (Fsp3) is 0.355. The van der Waals surface area contributed by atoms with Crippen LogP contribution in [0.5, 0.6) is 51.7 Å². The maximum absolute atomic E-state index is 14.0. The summed E-state index contributed by atoms with van der Waals surface area (Å²) in [7, 11) is 9.74. The lowest BCUT2D eigenvalue weighted by atomic mass is 10.3. The summed E-state index contributed by atoms with van der Waals surface area (Å²) in [6.45, 7) is -0.622. The summed E-state index contributed by atoms with van der Waals surface area (Å²) < 4.78 is 52.5. The van der Waals surface area contributed by atoms with E-state index in [0.717, 1.165) is 0 Å². The molecule has 244 valence electrons. The van der Waals surface area contributed by atoms with Gasteiger partial charge in [0.05, 0.1) is 64.0 Å². The predicted molar refractivity (Wildman–Crippen MR) is 170 cm³/mol. The van der Waals surface area contributed by atoms with Crippen LogP contribution in [0.3, 0.4) is 0 Å². The van der Waals surface area contributed by atoms with E-state index in [1.165, 1.54) is 64.0 Å². The number of benzene rings is 3. The van der Waals surface area contributed by atoms with Gasteiger partial charge in [0.25, 0.3) is 5.91 Å². The Kier molecular flexibility index (Phi) is 11.8. The van der Waals surface area contributed by atoms with E-state index in [4.69, 9.17) is 42.6 Å². The van der Waals surface area contributed by atoms with E-state index < -0.39 is 25.7 Å². The van der Waals surface area contributed by atoms with Crippen LogP contribution < -0.4 is 63.9 Å². The van der Waals surface area contributed by atoms with Crippen LogP contribution in [-0.4, -0.2) is 93.7 Å². The van der Waals surface area contributed by atoms with E-state index in [1.54, 1.807) is 36.4 Å². The van der Waals surface area contributed by atoms with Crippen molar-refractivity contribution in [1.29, 1.82) is 0 Å². The number of hydrogen-bond donors (Lipinski definition) is 2. The van der Waals surface area contributed by atoms with Crippen LogP contribution in [-0.2, 0) is 9.59 Å². The van der Waals surface area contributed by atoms with Crippen LogP contribution in [0.2, 0.25) is 0 Å². The lowest BCUT2D eigenvalue weighted by Gasteiger charge is -2.33. The van der Waals surface area contributed by atoms with Gasteiger partial charge in [-0.3, -0.25) is 9.59 Å². The lowest BCUT2D eigenvalue weighted by Crippen LogP contribution is -2.43. The zero-order valence-corrected chi connectivity index (χ0v) is 27.7. The molecule has 3 aromatic carbocycles. The first-order chi connectivity index (χ1) is 21.6. The van der Waals surface area contributed by atoms with Crippen molar-refractivity contribution < 1.29 is 57.3 Å². The van der Waals surface area contributed by atoms with Gasteiger partial charge in [0.2, 0.25) is 0 Å². The molecule has 0 aliphatic heterocycles. The quantitative estimate of drug-likeness (QED) is 0.220. The molecule has 0 unspecified atom stereocenters. The predicted octanol–water partition coefficient (Wildman–Crippen LogP) is 2.26. The van der Waals surface area contributed by atoms with E-state index in [9.17, 15) is 14.7 Å². The van der Waals surface area contributed by atoms with Crippen molar-refractivity contribution in [3.63, 3.8) is 0 Å². The Bertz CT molecular complexity index is 1300. The number of ether oxygens (including phenoxy) is 9. The van der Waals surface area contributed by atoms with E-state index >= 15 is 0 Å². The maximum atomic E-state index is 14.0. The van der Waals surface area contributed by atoms with Gasteiger partial charge in [-0.15, -0.1) is 0 Å². The van der Waals surface area contributed by atoms with Crippen molar-refractivity contribution in [2.24, 2.45) is 0 Å². The third-order valence-corrected chi connectivity index (χ3v) is 11.4. The minimum atomic E-state index is -3.61. The standard InChI is InChI=1S/C31H38NO12P/c1-36-18-10-21(39-4)29(22(11-18)40-5)45(17-27(33)32-16-28(34)35,30-23(41-6)12-19(37-2)13-24(30)42-7)31-25(43-8)14-20(38-3)15-26(31)44-9/h10-15H,16-17H2,1-9H3,(H-,32,33,34,35)/p+1. The lowest BCUT2D eigenvalue weighted by molar-refractivity contribution is -0.137. The molecule has 14 heteroatoms. The minimum absolute atomic E-state index is 0.297. The second kappa shape index (κ2) is 15.3. The summed E-state index contributed by atoms with van der Waals surface area (Å²) in [4.78, 5) is 25.5. The number of hydrogen-bond acceptors (Lipinski definition) is 11. The first-order valence-electron chi connectivity index (χ1n) is 13.4. The van der Waals surface area contributed by atoms with Gasteiger partial charge in [-0.1, -0.05) is 0 Å². The number of nitrogens with one attached hydrogen (secondary N) is 1. The number of amides is 1. The highest BCUT2D eigenvalue weighted by atomic mass is 31.2. The zero-order valence-electron chi connectivity index (χ0n) is 26.8. The second-order valence-electron chi connectivity index (χ2n) is 9.28. The third kappa shape index (κ3) is 6.83. The number of carboxylic acid groups (broad SMARTS) is 1. The van der Waals surface area contributed by atoms with Crippen LogP contribution in [0.25, 0.3) is 0 Å². The fourth-order valence-electron chi connectivity index (χ4n) is 5.11. The Hall–Kier alpha value is -4.77. The molecule has 0 aliphatic rings. The molecular formula is C31H39NO12P+. The third-order valence-electron chi connectivity index (χ3n) is 7.03. The molecule has 0 spiro atoms. The summed E-state index contributed by atoms with van der Waals surface area (Å²) in [5, 5.41) is 13.2. The first kappa shape index (κ1) is 34.7. The highest BCUT2D eigenvalue weighted by Gasteiger charge is 2.59.